The van der Waals surface area contributed by atoms with Crippen LogP contribution < -0.4 is 0 Å². The van der Waals surface area contributed by atoms with Gasteiger partial charge in [0, 0.05) is 37.8 Å². The highest BCUT2D eigenvalue weighted by molar-refractivity contribution is 6.30. The standard InChI is InChI=1S/C36H23ClN2/c37-25-19-17-24(18-20-25)27-22-21-26(38-32-13-5-1-9-28(32)29-10-2-6-14-33(29)38)23-36(27)39-34-15-7-3-11-30(34)31-12-4-8-16-35(31)39/h1-23H. The van der Waals surface area contributed by atoms with Gasteiger partial charge < -0.3 is 9.13 Å². The third-order valence-electron chi connectivity index (χ3n) is 7.80. The molecule has 2 nitrogen and oxygen atoms in total. The monoisotopic (exact) mass is 518 g/mol. The molecule has 0 aliphatic heterocycles. The number of fused-ring (bicyclic) bond motifs is 6. The maximum Gasteiger partial charge on any atom is 0.0561 e. The van der Waals surface area contributed by atoms with Crippen LogP contribution in [0.4, 0.5) is 0 Å². The highest BCUT2D eigenvalue weighted by atomic mass is 35.5. The van der Waals surface area contributed by atoms with Crippen LogP contribution >= 0.6 is 11.6 Å². The Morgan fingerprint density at radius 2 is 0.846 bits per heavy atom. The first kappa shape index (κ1) is 22.2. The van der Waals surface area contributed by atoms with Crippen LogP contribution in [0.3, 0.4) is 0 Å². The van der Waals surface area contributed by atoms with Gasteiger partial charge in [-0.15, -0.1) is 0 Å². The summed E-state index contributed by atoms with van der Waals surface area (Å²) in [5, 5.41) is 5.75. The molecule has 0 amide bonds. The van der Waals surface area contributed by atoms with Crippen molar-refractivity contribution in [3.05, 3.63) is 145 Å². The second kappa shape index (κ2) is 8.62. The van der Waals surface area contributed by atoms with Gasteiger partial charge in [-0.25, -0.2) is 0 Å². The lowest BCUT2D eigenvalue weighted by molar-refractivity contribution is 1.14. The van der Waals surface area contributed by atoms with E-state index in [0.717, 1.165) is 27.5 Å². The van der Waals surface area contributed by atoms with Gasteiger partial charge >= 0.3 is 0 Å². The van der Waals surface area contributed by atoms with Gasteiger partial charge in [0.25, 0.3) is 0 Å². The number of para-hydroxylation sites is 4. The molecule has 0 atom stereocenters. The number of benzene rings is 6. The summed E-state index contributed by atoms with van der Waals surface area (Å²) >= 11 is 6.29. The normalized spacial score (nSPS) is 11.7. The van der Waals surface area contributed by atoms with E-state index in [4.69, 9.17) is 11.6 Å². The van der Waals surface area contributed by atoms with Crippen molar-refractivity contribution in [2.45, 2.75) is 0 Å². The van der Waals surface area contributed by atoms with Crippen LogP contribution in [0.2, 0.25) is 5.02 Å². The average molecular weight is 519 g/mol. The van der Waals surface area contributed by atoms with Gasteiger partial charge in [-0.05, 0) is 54.1 Å². The van der Waals surface area contributed by atoms with Crippen LogP contribution in [-0.4, -0.2) is 9.13 Å². The smallest absolute Gasteiger partial charge is 0.0561 e. The average Bonchev–Trinajstić information content (AvgIpc) is 3.51. The fraction of sp³-hybridized carbons (Fsp3) is 0. The van der Waals surface area contributed by atoms with Crippen LogP contribution in [0.15, 0.2) is 140 Å². The fourth-order valence-corrected chi connectivity index (χ4v) is 6.23. The summed E-state index contributed by atoms with van der Waals surface area (Å²) in [7, 11) is 0. The first-order chi connectivity index (χ1) is 19.3. The zero-order chi connectivity index (χ0) is 25.9. The van der Waals surface area contributed by atoms with E-state index in [1.54, 1.807) is 0 Å². The number of hydrogen-bond acceptors (Lipinski definition) is 0. The summed E-state index contributed by atoms with van der Waals surface area (Å²) in [6.45, 7) is 0. The van der Waals surface area contributed by atoms with Crippen molar-refractivity contribution < 1.29 is 0 Å². The Labute approximate surface area is 230 Å². The molecule has 184 valence electrons. The molecule has 8 rings (SSSR count). The van der Waals surface area contributed by atoms with E-state index in [-0.39, 0.29) is 0 Å². The van der Waals surface area contributed by atoms with E-state index in [2.05, 4.69) is 137 Å². The summed E-state index contributed by atoms with van der Waals surface area (Å²) in [6, 6.07) is 49.6. The van der Waals surface area contributed by atoms with Gasteiger partial charge in [0.2, 0.25) is 0 Å². The largest absolute Gasteiger partial charge is 0.309 e. The quantitative estimate of drug-likeness (QED) is 0.220. The summed E-state index contributed by atoms with van der Waals surface area (Å²) in [6.07, 6.45) is 0. The van der Waals surface area contributed by atoms with Crippen molar-refractivity contribution in [3.8, 4) is 22.5 Å². The molecule has 8 aromatic rings. The lowest BCUT2D eigenvalue weighted by Gasteiger charge is -2.17. The van der Waals surface area contributed by atoms with E-state index in [1.807, 2.05) is 12.1 Å². The third kappa shape index (κ3) is 3.35. The van der Waals surface area contributed by atoms with Gasteiger partial charge in [0.1, 0.15) is 0 Å². The molecule has 0 N–H and O–H groups in total. The molecule has 39 heavy (non-hydrogen) atoms. The molecule has 3 heteroatoms. The van der Waals surface area contributed by atoms with Crippen molar-refractivity contribution in [3.63, 3.8) is 0 Å². The molecule has 0 radical (unpaired) electrons. The predicted molar refractivity (Wildman–Crippen MR) is 166 cm³/mol. The Balaban J connectivity index is 1.50. The Morgan fingerprint density at radius 1 is 0.410 bits per heavy atom. The molecule has 0 fully saturated rings. The molecular weight excluding hydrogens is 496 g/mol. The van der Waals surface area contributed by atoms with Crippen LogP contribution in [0, 0.1) is 0 Å². The van der Waals surface area contributed by atoms with Crippen molar-refractivity contribution >= 4 is 55.2 Å². The molecule has 0 bridgehead atoms. The summed E-state index contributed by atoms with van der Waals surface area (Å²) in [5.41, 5.74) is 9.32. The molecule has 0 saturated heterocycles. The molecule has 6 aromatic carbocycles. The van der Waals surface area contributed by atoms with Crippen molar-refractivity contribution in [1.82, 2.24) is 9.13 Å². The summed E-state index contributed by atoms with van der Waals surface area (Å²) in [5.74, 6) is 0. The minimum atomic E-state index is 0.735. The lowest BCUT2D eigenvalue weighted by atomic mass is 10.0. The molecular formula is C36H23ClN2. The van der Waals surface area contributed by atoms with Gasteiger partial charge in [-0.2, -0.15) is 0 Å². The molecule has 0 aliphatic carbocycles. The predicted octanol–water partition coefficient (Wildman–Crippen LogP) is 10.2. The molecule has 2 heterocycles. The first-order valence-electron chi connectivity index (χ1n) is 13.1. The topological polar surface area (TPSA) is 9.86 Å². The van der Waals surface area contributed by atoms with Gasteiger partial charge in [-0.3, -0.25) is 0 Å². The zero-order valence-electron chi connectivity index (χ0n) is 21.1. The second-order valence-electron chi connectivity index (χ2n) is 9.95. The second-order valence-corrected chi connectivity index (χ2v) is 10.4. The maximum atomic E-state index is 6.29. The highest BCUT2D eigenvalue weighted by Crippen LogP contribution is 2.39. The highest BCUT2D eigenvalue weighted by Gasteiger charge is 2.18. The number of halogens is 1. The number of rotatable bonds is 3. The third-order valence-corrected chi connectivity index (χ3v) is 8.05. The summed E-state index contributed by atoms with van der Waals surface area (Å²) in [4.78, 5) is 0. The van der Waals surface area contributed by atoms with Crippen LogP contribution in [0.25, 0.3) is 66.1 Å². The van der Waals surface area contributed by atoms with Gasteiger partial charge in [-0.1, -0.05) is 103 Å². The van der Waals surface area contributed by atoms with E-state index in [9.17, 15) is 0 Å². The van der Waals surface area contributed by atoms with Crippen molar-refractivity contribution in [2.75, 3.05) is 0 Å². The molecule has 0 saturated carbocycles. The Bertz CT molecular complexity index is 2070. The Morgan fingerprint density at radius 3 is 1.33 bits per heavy atom. The van der Waals surface area contributed by atoms with E-state index in [1.165, 1.54) is 43.6 Å². The molecule has 0 unspecified atom stereocenters. The molecule has 2 aromatic heterocycles. The molecule has 0 aliphatic rings. The minimum Gasteiger partial charge on any atom is -0.309 e. The van der Waals surface area contributed by atoms with Crippen LogP contribution in [0.5, 0.6) is 0 Å². The van der Waals surface area contributed by atoms with Crippen LogP contribution in [0.1, 0.15) is 0 Å². The van der Waals surface area contributed by atoms with Crippen LogP contribution in [-0.2, 0) is 0 Å². The number of nitrogens with zero attached hydrogens (tertiary/aromatic N) is 2. The zero-order valence-corrected chi connectivity index (χ0v) is 21.8. The van der Waals surface area contributed by atoms with Crippen molar-refractivity contribution in [2.24, 2.45) is 0 Å². The minimum absolute atomic E-state index is 0.735. The number of aromatic nitrogens is 2. The van der Waals surface area contributed by atoms with E-state index < -0.39 is 0 Å². The summed E-state index contributed by atoms with van der Waals surface area (Å²) < 4.78 is 4.79. The SMILES string of the molecule is Clc1ccc(-c2ccc(-n3c4ccccc4c4ccccc43)cc2-n2c3ccccc3c3ccccc32)cc1. The van der Waals surface area contributed by atoms with Gasteiger partial charge in [0.15, 0.2) is 0 Å². The lowest BCUT2D eigenvalue weighted by Crippen LogP contribution is -2.01. The first-order valence-corrected chi connectivity index (χ1v) is 13.5. The Hall–Kier alpha value is -4.79. The Kier molecular flexibility index (Phi) is 4.91. The van der Waals surface area contributed by atoms with Gasteiger partial charge in [0.05, 0.1) is 27.8 Å². The number of hydrogen-bond donors (Lipinski definition) is 0. The van der Waals surface area contributed by atoms with E-state index >= 15 is 0 Å². The molecule has 0 spiro atoms. The maximum absolute atomic E-state index is 6.29. The fourth-order valence-electron chi connectivity index (χ4n) is 6.10. The van der Waals surface area contributed by atoms with Crippen molar-refractivity contribution in [1.29, 1.82) is 0 Å². The van der Waals surface area contributed by atoms with E-state index in [0.29, 0.717) is 0 Å².